The Hall–Kier alpha value is -0.480. The minimum Gasteiger partial charge on any atom is -0.325 e. The van der Waals surface area contributed by atoms with E-state index in [2.05, 4.69) is 15.9 Å². The highest BCUT2D eigenvalue weighted by Crippen LogP contribution is 2.37. The lowest BCUT2D eigenvalue weighted by molar-refractivity contribution is 0.545. The minimum atomic E-state index is -0.565. The number of aryl methyl sites for hydroxylation is 1. The summed E-state index contributed by atoms with van der Waals surface area (Å²) in [5.74, 6) is -1.07. The molecule has 1 fully saturated rings. The van der Waals surface area contributed by atoms with Crippen LogP contribution >= 0.6 is 15.9 Å². The van der Waals surface area contributed by atoms with Crippen molar-refractivity contribution in [2.24, 2.45) is 5.73 Å². The van der Waals surface area contributed by atoms with Gasteiger partial charge in [0, 0.05) is 5.54 Å². The number of hydrogen-bond donors (Lipinski definition) is 1. The van der Waals surface area contributed by atoms with E-state index in [0.717, 1.165) is 19.3 Å². The van der Waals surface area contributed by atoms with Crippen molar-refractivity contribution >= 4 is 15.9 Å². The van der Waals surface area contributed by atoms with Crippen molar-refractivity contribution in [2.45, 2.75) is 31.2 Å². The zero-order valence-electron chi connectivity index (χ0n) is 8.19. The van der Waals surface area contributed by atoms with Crippen molar-refractivity contribution in [3.63, 3.8) is 0 Å². The van der Waals surface area contributed by atoms with Crippen LogP contribution < -0.4 is 5.73 Å². The summed E-state index contributed by atoms with van der Waals surface area (Å²) in [4.78, 5) is 0. The van der Waals surface area contributed by atoms with E-state index in [9.17, 15) is 8.78 Å². The zero-order valence-corrected chi connectivity index (χ0v) is 9.78. The van der Waals surface area contributed by atoms with Crippen LogP contribution in [0.5, 0.6) is 0 Å². The smallest absolute Gasteiger partial charge is 0.143 e. The van der Waals surface area contributed by atoms with Crippen LogP contribution in [0.2, 0.25) is 0 Å². The van der Waals surface area contributed by atoms with Gasteiger partial charge in [0.25, 0.3) is 0 Å². The van der Waals surface area contributed by atoms with Gasteiger partial charge in [-0.1, -0.05) is 6.07 Å². The highest BCUT2D eigenvalue weighted by atomic mass is 79.9. The molecule has 1 aromatic carbocycles. The molecule has 0 heterocycles. The van der Waals surface area contributed by atoms with Gasteiger partial charge in [-0.3, -0.25) is 0 Å². The van der Waals surface area contributed by atoms with E-state index in [0.29, 0.717) is 12.0 Å². The van der Waals surface area contributed by atoms with Gasteiger partial charge in [-0.25, -0.2) is 8.78 Å². The van der Waals surface area contributed by atoms with Crippen LogP contribution in [0, 0.1) is 11.6 Å². The molecule has 15 heavy (non-hydrogen) atoms. The summed E-state index contributed by atoms with van der Waals surface area (Å²) >= 11 is 2.88. The van der Waals surface area contributed by atoms with Gasteiger partial charge in [0.05, 0.1) is 4.47 Å². The lowest BCUT2D eigenvalue weighted by Gasteiger charge is -2.09. The van der Waals surface area contributed by atoms with Crippen LogP contribution in [0.3, 0.4) is 0 Å². The maximum absolute atomic E-state index is 13.5. The summed E-state index contributed by atoms with van der Waals surface area (Å²) in [6.07, 6.45) is 3.36. The fraction of sp³-hybridized carbons (Fsp3) is 0.455. The molecule has 0 spiro atoms. The van der Waals surface area contributed by atoms with Gasteiger partial charge in [0.1, 0.15) is 11.6 Å². The van der Waals surface area contributed by atoms with Gasteiger partial charge in [0.15, 0.2) is 0 Å². The highest BCUT2D eigenvalue weighted by molar-refractivity contribution is 9.10. The predicted octanol–water partition coefficient (Wildman–Crippen LogP) is 3.15. The quantitative estimate of drug-likeness (QED) is 0.843. The molecule has 1 aromatic rings. The number of hydrogen-bond acceptors (Lipinski definition) is 1. The highest BCUT2D eigenvalue weighted by Gasteiger charge is 2.37. The van der Waals surface area contributed by atoms with Crippen LogP contribution in [0.4, 0.5) is 8.78 Å². The first kappa shape index (κ1) is 11.0. The fourth-order valence-corrected chi connectivity index (χ4v) is 1.94. The Morgan fingerprint density at radius 2 is 2.00 bits per heavy atom. The first-order valence-electron chi connectivity index (χ1n) is 4.93. The molecule has 0 aliphatic heterocycles. The Balaban J connectivity index is 2.11. The zero-order chi connectivity index (χ0) is 11.1. The average molecular weight is 276 g/mol. The molecular weight excluding hydrogens is 264 g/mol. The second kappa shape index (κ2) is 3.83. The van der Waals surface area contributed by atoms with Gasteiger partial charge < -0.3 is 5.73 Å². The molecule has 0 aromatic heterocycles. The predicted molar refractivity (Wildman–Crippen MR) is 58.5 cm³/mol. The molecule has 0 unspecified atom stereocenters. The first-order chi connectivity index (χ1) is 7.02. The summed E-state index contributed by atoms with van der Waals surface area (Å²) in [5.41, 5.74) is 6.34. The number of rotatable bonds is 3. The second-order valence-electron chi connectivity index (χ2n) is 4.20. The van der Waals surface area contributed by atoms with E-state index >= 15 is 0 Å². The third-order valence-corrected chi connectivity index (χ3v) is 3.63. The molecule has 0 atom stereocenters. The second-order valence-corrected chi connectivity index (χ2v) is 4.99. The molecule has 1 nitrogen and oxygen atoms in total. The van der Waals surface area contributed by atoms with Crippen LogP contribution in [-0.4, -0.2) is 5.54 Å². The number of halogens is 3. The van der Waals surface area contributed by atoms with Crippen molar-refractivity contribution in [1.82, 2.24) is 0 Å². The molecular formula is C11H12BrF2N. The van der Waals surface area contributed by atoms with Crippen LogP contribution in [0.25, 0.3) is 0 Å². The average Bonchev–Trinajstić information content (AvgIpc) is 2.93. The molecule has 2 rings (SSSR count). The largest absolute Gasteiger partial charge is 0.325 e. The van der Waals surface area contributed by atoms with Crippen LogP contribution in [-0.2, 0) is 6.42 Å². The molecule has 4 heteroatoms. The van der Waals surface area contributed by atoms with Crippen LogP contribution in [0.1, 0.15) is 24.8 Å². The summed E-state index contributed by atoms with van der Waals surface area (Å²) in [7, 11) is 0. The third-order valence-electron chi connectivity index (χ3n) is 2.90. The summed E-state index contributed by atoms with van der Waals surface area (Å²) < 4.78 is 26.4. The molecule has 2 N–H and O–H groups in total. The van der Waals surface area contributed by atoms with Crippen molar-refractivity contribution in [3.05, 3.63) is 33.8 Å². The van der Waals surface area contributed by atoms with Gasteiger partial charge in [-0.05, 0) is 53.2 Å². The van der Waals surface area contributed by atoms with E-state index < -0.39 is 11.6 Å². The number of nitrogens with two attached hydrogens (primary N) is 1. The standard InChI is InChI=1S/C11H12BrF2N/c12-9-8(13)2-1-7(10(9)14)3-4-11(15)5-6-11/h1-2H,3-6,15H2. The molecule has 0 saturated heterocycles. The van der Waals surface area contributed by atoms with Gasteiger partial charge in [-0.15, -0.1) is 0 Å². The lowest BCUT2D eigenvalue weighted by Crippen LogP contribution is -2.22. The van der Waals surface area contributed by atoms with Crippen molar-refractivity contribution in [3.8, 4) is 0 Å². The van der Waals surface area contributed by atoms with E-state index in [1.807, 2.05) is 0 Å². The van der Waals surface area contributed by atoms with Gasteiger partial charge in [-0.2, -0.15) is 0 Å². The van der Waals surface area contributed by atoms with E-state index in [4.69, 9.17) is 5.73 Å². The molecule has 82 valence electrons. The maximum atomic E-state index is 13.5. The maximum Gasteiger partial charge on any atom is 0.143 e. The van der Waals surface area contributed by atoms with Gasteiger partial charge >= 0.3 is 0 Å². The SMILES string of the molecule is NC1(CCc2ccc(F)c(Br)c2F)CC1. The molecule has 1 aliphatic carbocycles. The topological polar surface area (TPSA) is 26.0 Å². The van der Waals surface area contributed by atoms with E-state index in [1.165, 1.54) is 12.1 Å². The summed E-state index contributed by atoms with van der Waals surface area (Å²) in [6, 6.07) is 2.76. The first-order valence-corrected chi connectivity index (χ1v) is 5.72. The Bertz CT molecular complexity index is 388. The molecule has 0 bridgehead atoms. The fourth-order valence-electron chi connectivity index (χ4n) is 1.55. The van der Waals surface area contributed by atoms with E-state index in [-0.39, 0.29) is 10.0 Å². The van der Waals surface area contributed by atoms with Gasteiger partial charge in [0.2, 0.25) is 0 Å². The van der Waals surface area contributed by atoms with Crippen molar-refractivity contribution in [1.29, 1.82) is 0 Å². The number of benzene rings is 1. The summed E-state index contributed by atoms with van der Waals surface area (Å²) in [6.45, 7) is 0. The Kier molecular flexibility index (Phi) is 2.81. The molecule has 0 amide bonds. The molecule has 1 saturated carbocycles. The Labute approximate surface area is 95.8 Å². The molecule has 1 aliphatic rings. The van der Waals surface area contributed by atoms with E-state index in [1.54, 1.807) is 0 Å². The Morgan fingerprint density at radius 3 is 2.60 bits per heavy atom. The Morgan fingerprint density at radius 1 is 1.33 bits per heavy atom. The van der Waals surface area contributed by atoms with Crippen LogP contribution in [0.15, 0.2) is 16.6 Å². The van der Waals surface area contributed by atoms with Crippen molar-refractivity contribution < 1.29 is 8.78 Å². The lowest BCUT2D eigenvalue weighted by atomic mass is 10.0. The molecule has 0 radical (unpaired) electrons. The third kappa shape index (κ3) is 2.37. The van der Waals surface area contributed by atoms with Crippen molar-refractivity contribution in [2.75, 3.05) is 0 Å². The normalized spacial score (nSPS) is 17.9. The monoisotopic (exact) mass is 275 g/mol. The minimum absolute atomic E-state index is 0.0816. The summed E-state index contributed by atoms with van der Waals surface area (Å²) in [5, 5.41) is 0.